The normalized spacial score (nSPS) is 16.3. The van der Waals surface area contributed by atoms with Crippen LogP contribution in [0.4, 0.5) is 0 Å². The zero-order chi connectivity index (χ0) is 16.4. The van der Waals surface area contributed by atoms with Crippen molar-refractivity contribution in [3.8, 4) is 5.75 Å². The molecule has 0 bridgehead atoms. The first kappa shape index (κ1) is 15.3. The first-order valence-electron chi connectivity index (χ1n) is 7.76. The Hall–Kier alpha value is -2.63. The zero-order valence-electron chi connectivity index (χ0n) is 12.7. The van der Waals surface area contributed by atoms with Gasteiger partial charge in [0.25, 0.3) is 11.5 Å². The number of hydrogen-bond acceptors (Lipinski definition) is 4. The van der Waals surface area contributed by atoms with Crippen molar-refractivity contribution in [1.82, 2.24) is 9.97 Å². The molecule has 1 aromatic heterocycles. The molecular weight excluding hydrogens is 294 g/mol. The van der Waals surface area contributed by atoms with Crippen LogP contribution in [0.25, 0.3) is 0 Å². The lowest BCUT2D eigenvalue weighted by atomic mass is 9.84. The van der Waals surface area contributed by atoms with Gasteiger partial charge in [-0.25, -0.2) is 4.98 Å². The Labute approximate surface area is 133 Å². The maximum absolute atomic E-state index is 12.0. The number of nitrogens with zero attached hydrogens (tertiary/aromatic N) is 1. The van der Waals surface area contributed by atoms with Gasteiger partial charge in [-0.1, -0.05) is 43.2 Å². The van der Waals surface area contributed by atoms with Gasteiger partial charge in [0.1, 0.15) is 5.82 Å². The third kappa shape index (κ3) is 2.97. The number of primary amides is 1. The van der Waals surface area contributed by atoms with Crippen molar-refractivity contribution in [3.05, 3.63) is 57.8 Å². The highest BCUT2D eigenvalue weighted by Gasteiger charge is 2.31. The number of carbonyl (C=O) groups excluding carboxylic acids is 1. The molecule has 1 amide bonds. The average molecular weight is 313 g/mol. The summed E-state index contributed by atoms with van der Waals surface area (Å²) in [4.78, 5) is 30.2. The summed E-state index contributed by atoms with van der Waals surface area (Å²) < 4.78 is 0. The number of H-pyrrole nitrogens is 1. The van der Waals surface area contributed by atoms with E-state index in [1.54, 1.807) is 0 Å². The third-order valence-electron chi connectivity index (χ3n) is 4.47. The van der Waals surface area contributed by atoms with Crippen LogP contribution in [0.1, 0.15) is 53.5 Å². The lowest BCUT2D eigenvalue weighted by molar-refractivity contribution is 0.0991. The predicted molar refractivity (Wildman–Crippen MR) is 85.3 cm³/mol. The number of nitrogens with one attached hydrogen (secondary N) is 1. The minimum absolute atomic E-state index is 0.120. The van der Waals surface area contributed by atoms with E-state index in [2.05, 4.69) is 9.97 Å². The number of aromatic hydroxyl groups is 1. The minimum atomic E-state index is -0.909. The van der Waals surface area contributed by atoms with Crippen molar-refractivity contribution in [2.45, 2.75) is 31.6 Å². The fourth-order valence-corrected chi connectivity index (χ4v) is 3.41. The predicted octanol–water partition coefficient (Wildman–Crippen LogP) is 1.90. The summed E-state index contributed by atoms with van der Waals surface area (Å²) in [5.74, 6) is -1.02. The number of carbonyl (C=O) groups is 1. The number of benzene rings is 1. The van der Waals surface area contributed by atoms with E-state index in [0.29, 0.717) is 11.7 Å². The number of aromatic nitrogens is 2. The molecule has 0 saturated heterocycles. The highest BCUT2D eigenvalue weighted by molar-refractivity contribution is 5.93. The Bertz CT molecular complexity index is 764. The van der Waals surface area contributed by atoms with Gasteiger partial charge in [0, 0.05) is 5.92 Å². The lowest BCUT2D eigenvalue weighted by Crippen LogP contribution is -2.25. The van der Waals surface area contributed by atoms with Crippen molar-refractivity contribution in [3.63, 3.8) is 0 Å². The molecule has 3 rings (SSSR count). The lowest BCUT2D eigenvalue weighted by Gasteiger charge is -2.23. The topological polar surface area (TPSA) is 109 Å². The largest absolute Gasteiger partial charge is 0.501 e. The van der Waals surface area contributed by atoms with Crippen molar-refractivity contribution in [1.29, 1.82) is 0 Å². The third-order valence-corrected chi connectivity index (χ3v) is 4.47. The molecule has 6 heteroatoms. The summed E-state index contributed by atoms with van der Waals surface area (Å²) in [6, 6.07) is 9.77. The Morgan fingerprint density at radius 2 is 1.91 bits per heavy atom. The Morgan fingerprint density at radius 1 is 1.26 bits per heavy atom. The zero-order valence-corrected chi connectivity index (χ0v) is 12.7. The van der Waals surface area contributed by atoms with Gasteiger partial charge in [-0.15, -0.1) is 0 Å². The van der Waals surface area contributed by atoms with Gasteiger partial charge in [0.2, 0.25) is 5.75 Å². The minimum Gasteiger partial charge on any atom is -0.501 e. The summed E-state index contributed by atoms with van der Waals surface area (Å²) >= 11 is 0. The Morgan fingerprint density at radius 3 is 2.52 bits per heavy atom. The molecule has 1 unspecified atom stereocenters. The fourth-order valence-electron chi connectivity index (χ4n) is 3.41. The molecule has 1 fully saturated rings. The highest BCUT2D eigenvalue weighted by atomic mass is 16.3. The first-order valence-corrected chi connectivity index (χ1v) is 7.76. The van der Waals surface area contributed by atoms with Crippen molar-refractivity contribution in [2.24, 2.45) is 11.7 Å². The van der Waals surface area contributed by atoms with Gasteiger partial charge in [0.15, 0.2) is 5.69 Å². The quantitative estimate of drug-likeness (QED) is 0.800. The van der Waals surface area contributed by atoms with Crippen LogP contribution >= 0.6 is 0 Å². The van der Waals surface area contributed by atoms with E-state index in [1.165, 1.54) is 0 Å². The van der Waals surface area contributed by atoms with Crippen LogP contribution in [0, 0.1) is 5.92 Å². The Kier molecular flexibility index (Phi) is 4.14. The van der Waals surface area contributed by atoms with Crippen LogP contribution in [0.2, 0.25) is 0 Å². The first-order chi connectivity index (χ1) is 11.1. The molecule has 1 saturated carbocycles. The van der Waals surface area contributed by atoms with Gasteiger partial charge in [-0.05, 0) is 24.3 Å². The Balaban J connectivity index is 2.14. The molecule has 23 heavy (non-hydrogen) atoms. The second-order valence-corrected chi connectivity index (χ2v) is 5.95. The fraction of sp³-hybridized carbons (Fsp3) is 0.353. The number of hydrogen-bond donors (Lipinski definition) is 3. The molecule has 1 aliphatic carbocycles. The monoisotopic (exact) mass is 313 g/mol. The molecular formula is C17H19N3O3. The van der Waals surface area contributed by atoms with E-state index in [9.17, 15) is 14.7 Å². The van der Waals surface area contributed by atoms with Gasteiger partial charge < -0.3 is 15.8 Å². The molecule has 1 atom stereocenters. The molecule has 1 heterocycles. The van der Waals surface area contributed by atoms with Gasteiger partial charge in [-0.2, -0.15) is 0 Å². The van der Waals surface area contributed by atoms with E-state index in [4.69, 9.17) is 5.73 Å². The molecule has 120 valence electrons. The van der Waals surface area contributed by atoms with E-state index >= 15 is 0 Å². The summed E-state index contributed by atoms with van der Waals surface area (Å²) in [5.41, 5.74) is 5.16. The van der Waals surface area contributed by atoms with E-state index in [1.807, 2.05) is 30.3 Å². The summed E-state index contributed by atoms with van der Waals surface area (Å²) in [6.07, 6.45) is 4.35. The molecule has 6 nitrogen and oxygen atoms in total. The average Bonchev–Trinajstić information content (AvgIpc) is 3.05. The van der Waals surface area contributed by atoms with Crippen LogP contribution in [0.15, 0.2) is 35.1 Å². The van der Waals surface area contributed by atoms with Crippen LogP contribution in [0.5, 0.6) is 5.75 Å². The van der Waals surface area contributed by atoms with Crippen molar-refractivity contribution >= 4 is 5.91 Å². The van der Waals surface area contributed by atoms with Crippen LogP contribution in [-0.4, -0.2) is 21.0 Å². The van der Waals surface area contributed by atoms with E-state index in [0.717, 1.165) is 31.2 Å². The number of aromatic amines is 1. The summed E-state index contributed by atoms with van der Waals surface area (Å²) in [6.45, 7) is 0. The van der Waals surface area contributed by atoms with Gasteiger partial charge in [-0.3, -0.25) is 9.59 Å². The second-order valence-electron chi connectivity index (χ2n) is 5.95. The summed E-state index contributed by atoms with van der Waals surface area (Å²) in [5, 5.41) is 9.70. The van der Waals surface area contributed by atoms with E-state index in [-0.39, 0.29) is 11.6 Å². The molecule has 0 radical (unpaired) electrons. The number of nitrogens with two attached hydrogens (primary N) is 1. The van der Waals surface area contributed by atoms with Crippen LogP contribution < -0.4 is 11.3 Å². The second kappa shape index (κ2) is 6.24. The maximum Gasteiger partial charge on any atom is 0.293 e. The number of amides is 1. The summed E-state index contributed by atoms with van der Waals surface area (Å²) in [7, 11) is 0. The molecule has 2 aromatic rings. The molecule has 4 N–H and O–H groups in total. The van der Waals surface area contributed by atoms with E-state index < -0.39 is 17.2 Å². The standard InChI is InChI=1S/C17H19N3O3/c18-15(22)13-14(21)17(23)20-16(19-13)12(11-8-4-5-9-11)10-6-2-1-3-7-10/h1-3,6-7,11-12,21H,4-5,8-9H2,(H2,18,22)(H,19,20,23). The van der Waals surface area contributed by atoms with Crippen molar-refractivity contribution in [2.75, 3.05) is 0 Å². The van der Waals surface area contributed by atoms with Crippen LogP contribution in [0.3, 0.4) is 0 Å². The SMILES string of the molecule is NC(=O)c1nc(C(c2ccccc2)C2CCCC2)[nH]c(=O)c1O. The maximum atomic E-state index is 12.0. The smallest absolute Gasteiger partial charge is 0.293 e. The van der Waals surface area contributed by atoms with Gasteiger partial charge >= 0.3 is 0 Å². The number of rotatable bonds is 4. The highest BCUT2D eigenvalue weighted by Crippen LogP contribution is 2.40. The molecule has 0 aliphatic heterocycles. The van der Waals surface area contributed by atoms with Crippen LogP contribution in [-0.2, 0) is 0 Å². The molecule has 1 aliphatic rings. The van der Waals surface area contributed by atoms with Gasteiger partial charge in [0.05, 0.1) is 0 Å². The molecule has 1 aromatic carbocycles. The molecule has 0 spiro atoms. The van der Waals surface area contributed by atoms with Crippen molar-refractivity contribution < 1.29 is 9.90 Å².